The fraction of sp³-hybridized carbons (Fsp3) is 0.538. The molecule has 6 heteroatoms. The Balaban J connectivity index is 2.08. The number of aromatic carboxylic acids is 1. The molecule has 2 rings (SSSR count). The van der Waals surface area contributed by atoms with Gasteiger partial charge in [0.15, 0.2) is 5.76 Å². The second kappa shape index (κ2) is 5.44. The second-order valence-corrected chi connectivity index (χ2v) is 4.98. The van der Waals surface area contributed by atoms with Gasteiger partial charge >= 0.3 is 5.97 Å². The van der Waals surface area contributed by atoms with Crippen LogP contribution in [0, 0.1) is 0 Å². The molecule has 1 saturated heterocycles. The molecular formula is C13H18N2O4. The third-order valence-corrected chi connectivity index (χ3v) is 3.44. The Morgan fingerprint density at radius 2 is 2.05 bits per heavy atom. The van der Waals surface area contributed by atoms with Gasteiger partial charge in [0.05, 0.1) is 0 Å². The van der Waals surface area contributed by atoms with Gasteiger partial charge in [-0.05, 0) is 39.1 Å². The van der Waals surface area contributed by atoms with Crippen LogP contribution < -0.4 is 0 Å². The number of hydrogen-bond donors (Lipinski definition) is 1. The van der Waals surface area contributed by atoms with E-state index in [1.54, 1.807) is 4.90 Å². The number of carbonyl (C=O) groups excluding carboxylic acids is 1. The van der Waals surface area contributed by atoms with Gasteiger partial charge in [0.1, 0.15) is 0 Å². The van der Waals surface area contributed by atoms with Crippen molar-refractivity contribution in [2.45, 2.75) is 18.9 Å². The third kappa shape index (κ3) is 2.96. The van der Waals surface area contributed by atoms with Crippen molar-refractivity contribution < 1.29 is 19.1 Å². The second-order valence-electron chi connectivity index (χ2n) is 4.98. The Hall–Kier alpha value is -1.82. The number of carbonyl (C=O) groups is 2. The van der Waals surface area contributed by atoms with E-state index in [1.165, 1.54) is 12.1 Å². The Labute approximate surface area is 111 Å². The molecule has 1 fully saturated rings. The highest BCUT2D eigenvalue weighted by atomic mass is 16.4. The van der Waals surface area contributed by atoms with Gasteiger partial charge in [0, 0.05) is 19.1 Å². The predicted octanol–water partition coefficient (Wildman–Crippen LogP) is 1.14. The minimum absolute atomic E-state index is 0.0943. The number of amides is 1. The van der Waals surface area contributed by atoms with Gasteiger partial charge in [0.2, 0.25) is 5.76 Å². The van der Waals surface area contributed by atoms with Crippen LogP contribution in [-0.2, 0) is 0 Å². The number of carboxylic acids is 1. The predicted molar refractivity (Wildman–Crippen MR) is 68.3 cm³/mol. The largest absolute Gasteiger partial charge is 0.475 e. The molecule has 104 valence electrons. The zero-order valence-corrected chi connectivity index (χ0v) is 11.1. The summed E-state index contributed by atoms with van der Waals surface area (Å²) in [4.78, 5) is 26.8. The Morgan fingerprint density at radius 3 is 2.63 bits per heavy atom. The van der Waals surface area contributed by atoms with Crippen molar-refractivity contribution in [1.29, 1.82) is 0 Å². The molecule has 1 amide bonds. The molecule has 0 spiro atoms. The van der Waals surface area contributed by atoms with E-state index in [4.69, 9.17) is 9.52 Å². The highest BCUT2D eigenvalue weighted by Gasteiger charge is 2.27. The first-order chi connectivity index (χ1) is 8.99. The Kier molecular flexibility index (Phi) is 3.90. The zero-order chi connectivity index (χ0) is 14.0. The fourth-order valence-corrected chi connectivity index (χ4v) is 2.28. The molecule has 1 aliphatic heterocycles. The molecule has 0 aliphatic carbocycles. The summed E-state index contributed by atoms with van der Waals surface area (Å²) in [6, 6.07) is 3.07. The van der Waals surface area contributed by atoms with Crippen LogP contribution in [0.1, 0.15) is 34.0 Å². The molecule has 1 aliphatic rings. The van der Waals surface area contributed by atoms with E-state index in [9.17, 15) is 9.59 Å². The van der Waals surface area contributed by atoms with Crippen molar-refractivity contribution in [2.75, 3.05) is 27.2 Å². The molecule has 19 heavy (non-hydrogen) atoms. The summed E-state index contributed by atoms with van der Waals surface area (Å²) in [6.45, 7) is 1.33. The topological polar surface area (TPSA) is 74.0 Å². The molecule has 6 nitrogen and oxygen atoms in total. The van der Waals surface area contributed by atoms with Gasteiger partial charge in [0.25, 0.3) is 5.91 Å². The van der Waals surface area contributed by atoms with Gasteiger partial charge in [-0.1, -0.05) is 0 Å². The van der Waals surface area contributed by atoms with Crippen LogP contribution in [0.3, 0.4) is 0 Å². The molecular weight excluding hydrogens is 248 g/mol. The summed E-state index contributed by atoms with van der Waals surface area (Å²) in [5, 5.41) is 8.78. The van der Waals surface area contributed by atoms with Crippen LogP contribution in [0.2, 0.25) is 0 Å². The Morgan fingerprint density at radius 1 is 1.37 bits per heavy atom. The summed E-state index contributed by atoms with van der Waals surface area (Å²) in [5.74, 6) is -1.51. The quantitative estimate of drug-likeness (QED) is 0.888. The third-order valence-electron chi connectivity index (χ3n) is 3.44. The zero-order valence-electron chi connectivity index (χ0n) is 11.1. The van der Waals surface area contributed by atoms with Gasteiger partial charge in [-0.3, -0.25) is 4.79 Å². The smallest absolute Gasteiger partial charge is 0.371 e. The van der Waals surface area contributed by atoms with Gasteiger partial charge < -0.3 is 19.3 Å². The van der Waals surface area contributed by atoms with Crippen molar-refractivity contribution in [2.24, 2.45) is 0 Å². The van der Waals surface area contributed by atoms with Crippen molar-refractivity contribution in [3.05, 3.63) is 23.7 Å². The average molecular weight is 266 g/mol. The van der Waals surface area contributed by atoms with Crippen LogP contribution >= 0.6 is 0 Å². The number of likely N-dealkylation sites (tertiary alicyclic amines) is 1. The number of rotatable bonds is 3. The van der Waals surface area contributed by atoms with E-state index in [-0.39, 0.29) is 17.4 Å². The Bertz CT molecular complexity index is 481. The number of furan rings is 1. The van der Waals surface area contributed by atoms with E-state index >= 15 is 0 Å². The van der Waals surface area contributed by atoms with Gasteiger partial charge in [-0.25, -0.2) is 4.79 Å². The van der Waals surface area contributed by atoms with E-state index in [0.717, 1.165) is 12.8 Å². The first-order valence-electron chi connectivity index (χ1n) is 6.28. The van der Waals surface area contributed by atoms with Crippen LogP contribution in [0.5, 0.6) is 0 Å². The van der Waals surface area contributed by atoms with E-state index in [2.05, 4.69) is 4.90 Å². The summed E-state index contributed by atoms with van der Waals surface area (Å²) in [7, 11) is 3.99. The lowest BCUT2D eigenvalue weighted by Crippen LogP contribution is -2.47. The van der Waals surface area contributed by atoms with Crippen LogP contribution in [0.25, 0.3) is 0 Å². The molecule has 1 unspecified atom stereocenters. The maximum Gasteiger partial charge on any atom is 0.371 e. The highest BCUT2D eigenvalue weighted by molar-refractivity contribution is 5.93. The number of piperidine rings is 1. The SMILES string of the molecule is CN(C)C1CCCN(C(=O)c2ccc(C(=O)O)o2)C1. The molecule has 0 bridgehead atoms. The molecule has 2 heterocycles. The van der Waals surface area contributed by atoms with E-state index in [0.29, 0.717) is 19.1 Å². The number of carboxylic acid groups (broad SMARTS) is 1. The first-order valence-corrected chi connectivity index (χ1v) is 6.28. The summed E-state index contributed by atoms with van der Waals surface area (Å²) in [6.07, 6.45) is 2.01. The monoisotopic (exact) mass is 266 g/mol. The molecule has 0 aromatic carbocycles. The van der Waals surface area contributed by atoms with Gasteiger partial charge in [-0.2, -0.15) is 0 Å². The maximum absolute atomic E-state index is 12.2. The average Bonchev–Trinajstić information content (AvgIpc) is 2.87. The molecule has 1 aromatic rings. The lowest BCUT2D eigenvalue weighted by molar-refractivity contribution is 0.0590. The van der Waals surface area contributed by atoms with Crippen molar-refractivity contribution in [3.8, 4) is 0 Å². The van der Waals surface area contributed by atoms with Crippen LogP contribution in [0.4, 0.5) is 0 Å². The van der Waals surface area contributed by atoms with Crippen molar-refractivity contribution >= 4 is 11.9 Å². The molecule has 1 atom stereocenters. The summed E-state index contributed by atoms with van der Waals surface area (Å²) in [5.41, 5.74) is 0. The van der Waals surface area contributed by atoms with E-state index < -0.39 is 5.97 Å². The lowest BCUT2D eigenvalue weighted by atomic mass is 10.0. The standard InChI is InChI=1S/C13H18N2O4/c1-14(2)9-4-3-7-15(8-9)12(16)10-5-6-11(19-10)13(17)18/h5-6,9H,3-4,7-8H2,1-2H3,(H,17,18). The van der Waals surface area contributed by atoms with Crippen LogP contribution in [0.15, 0.2) is 16.5 Å². The van der Waals surface area contributed by atoms with E-state index in [1.807, 2.05) is 14.1 Å². The summed E-state index contributed by atoms with van der Waals surface area (Å²) >= 11 is 0. The minimum Gasteiger partial charge on any atom is -0.475 e. The summed E-state index contributed by atoms with van der Waals surface area (Å²) < 4.78 is 5.05. The highest BCUT2D eigenvalue weighted by Crippen LogP contribution is 2.17. The normalized spacial score (nSPS) is 19.7. The van der Waals surface area contributed by atoms with Crippen LogP contribution in [-0.4, -0.2) is 60.0 Å². The first kappa shape index (κ1) is 13.6. The molecule has 0 saturated carbocycles. The minimum atomic E-state index is -1.16. The van der Waals surface area contributed by atoms with Gasteiger partial charge in [-0.15, -0.1) is 0 Å². The van der Waals surface area contributed by atoms with Crippen molar-refractivity contribution in [1.82, 2.24) is 9.80 Å². The maximum atomic E-state index is 12.2. The fourth-order valence-electron chi connectivity index (χ4n) is 2.28. The molecule has 0 radical (unpaired) electrons. The number of likely N-dealkylation sites (N-methyl/N-ethyl adjacent to an activating group) is 1. The molecule has 1 N–H and O–H groups in total. The molecule has 1 aromatic heterocycles. The van der Waals surface area contributed by atoms with Crippen molar-refractivity contribution in [3.63, 3.8) is 0 Å². The number of hydrogen-bond acceptors (Lipinski definition) is 4. The lowest BCUT2D eigenvalue weighted by Gasteiger charge is -2.35. The number of nitrogens with zero attached hydrogens (tertiary/aromatic N) is 2.